The van der Waals surface area contributed by atoms with Gasteiger partial charge >= 0.3 is 5.97 Å². The van der Waals surface area contributed by atoms with Crippen molar-refractivity contribution in [1.82, 2.24) is 19.9 Å². The average Bonchev–Trinajstić information content (AvgIpc) is 3.24. The molecule has 1 aliphatic heterocycles. The van der Waals surface area contributed by atoms with E-state index in [9.17, 15) is 9.59 Å². The minimum atomic E-state index is -0.446. The summed E-state index contributed by atoms with van der Waals surface area (Å²) in [7, 11) is 0. The second-order valence-corrected chi connectivity index (χ2v) is 9.75. The first-order chi connectivity index (χ1) is 16.5. The maximum Gasteiger partial charge on any atom is 0.303 e. The number of fused-ring (bicyclic) bond motifs is 1. The van der Waals surface area contributed by atoms with Crippen LogP contribution < -0.4 is 10.1 Å². The Labute approximate surface area is 201 Å². The normalized spacial score (nSPS) is 20.6. The molecule has 1 saturated carbocycles. The van der Waals surface area contributed by atoms with E-state index in [0.717, 1.165) is 42.0 Å². The number of carbonyl (C=O) groups is 2. The number of hydrogen-bond acceptors (Lipinski definition) is 9. The lowest BCUT2D eigenvalue weighted by molar-refractivity contribution is -0.150. The van der Waals surface area contributed by atoms with Crippen LogP contribution in [0.4, 0.5) is 5.13 Å². The summed E-state index contributed by atoms with van der Waals surface area (Å²) in [6.07, 6.45) is 6.75. The first kappa shape index (κ1) is 22.5. The Hall–Kier alpha value is -3.27. The van der Waals surface area contributed by atoms with Crippen molar-refractivity contribution in [3.63, 3.8) is 0 Å². The average molecular weight is 482 g/mol. The zero-order valence-corrected chi connectivity index (χ0v) is 19.8. The number of carbonyl (C=O) groups excluding carboxylic acids is 2. The number of piperidine rings is 1. The number of nitrogens with zero attached hydrogens (tertiary/aromatic N) is 4. The monoisotopic (exact) mass is 481 g/mol. The van der Waals surface area contributed by atoms with Crippen molar-refractivity contribution in [3.05, 3.63) is 42.4 Å². The number of rotatable bonds is 7. The fourth-order valence-corrected chi connectivity index (χ4v) is 5.35. The van der Waals surface area contributed by atoms with Crippen molar-refractivity contribution < 1.29 is 19.1 Å². The van der Waals surface area contributed by atoms with Gasteiger partial charge < -0.3 is 19.7 Å². The molecule has 1 saturated heterocycles. The maximum atomic E-state index is 12.2. The van der Waals surface area contributed by atoms with E-state index in [2.05, 4.69) is 26.3 Å². The van der Waals surface area contributed by atoms with Crippen LogP contribution in [0.15, 0.2) is 36.7 Å². The Morgan fingerprint density at radius 3 is 2.68 bits per heavy atom. The standard InChI is InChI=1S/C24H27N5O4S/c1-15(30)32-14-21(31)29-10-6-16(7-11-29)22-23(26-9-8-25-22)33-18-12-17(13-18)27-24-28-19-4-2-3-5-20(19)34-24/h2-5,8-9,16-18H,6-7,10-14H2,1H3,(H,27,28)/t17-,18-. The van der Waals surface area contributed by atoms with E-state index in [1.54, 1.807) is 28.6 Å². The van der Waals surface area contributed by atoms with Crippen LogP contribution in [0.3, 0.4) is 0 Å². The Bertz CT molecular complexity index is 1140. The number of amides is 1. The number of anilines is 1. The van der Waals surface area contributed by atoms with E-state index in [0.29, 0.717) is 25.0 Å². The lowest BCUT2D eigenvalue weighted by Crippen LogP contribution is -2.43. The molecule has 5 rings (SSSR count). The van der Waals surface area contributed by atoms with E-state index in [1.807, 2.05) is 18.2 Å². The number of likely N-dealkylation sites (tertiary alicyclic amines) is 1. The third kappa shape index (κ3) is 5.11. The highest BCUT2D eigenvalue weighted by atomic mass is 32.1. The highest BCUT2D eigenvalue weighted by Crippen LogP contribution is 2.35. The van der Waals surface area contributed by atoms with Gasteiger partial charge in [-0.3, -0.25) is 14.6 Å². The van der Waals surface area contributed by atoms with Gasteiger partial charge in [-0.25, -0.2) is 9.97 Å². The highest BCUT2D eigenvalue weighted by molar-refractivity contribution is 7.22. The number of esters is 1. The minimum Gasteiger partial charge on any atom is -0.473 e. The van der Waals surface area contributed by atoms with Crippen LogP contribution in [-0.4, -0.2) is 63.6 Å². The molecule has 1 amide bonds. The molecule has 0 radical (unpaired) electrons. The summed E-state index contributed by atoms with van der Waals surface area (Å²) in [5.74, 6) is 0.164. The molecule has 2 aromatic heterocycles. The van der Waals surface area contributed by atoms with Crippen molar-refractivity contribution in [2.45, 2.75) is 50.7 Å². The van der Waals surface area contributed by atoms with E-state index < -0.39 is 5.97 Å². The third-order valence-electron chi connectivity index (χ3n) is 6.32. The summed E-state index contributed by atoms with van der Waals surface area (Å²) >= 11 is 1.67. The topological polar surface area (TPSA) is 107 Å². The van der Waals surface area contributed by atoms with Crippen molar-refractivity contribution in [3.8, 4) is 5.88 Å². The van der Waals surface area contributed by atoms with Crippen molar-refractivity contribution in [2.24, 2.45) is 0 Å². The van der Waals surface area contributed by atoms with E-state index >= 15 is 0 Å². The van der Waals surface area contributed by atoms with Gasteiger partial charge in [0.2, 0.25) is 5.88 Å². The number of ether oxygens (including phenoxy) is 2. The Kier molecular flexibility index (Phi) is 6.57. The lowest BCUT2D eigenvalue weighted by Gasteiger charge is -2.36. The Morgan fingerprint density at radius 1 is 1.15 bits per heavy atom. The number of nitrogens with one attached hydrogen (secondary N) is 1. The van der Waals surface area contributed by atoms with Crippen LogP contribution in [-0.2, 0) is 14.3 Å². The van der Waals surface area contributed by atoms with Crippen LogP contribution in [0.2, 0.25) is 0 Å². The third-order valence-corrected chi connectivity index (χ3v) is 7.29. The van der Waals surface area contributed by atoms with Crippen LogP contribution >= 0.6 is 11.3 Å². The number of benzene rings is 1. The molecule has 1 aliphatic carbocycles. The molecule has 3 heterocycles. The van der Waals surface area contributed by atoms with Gasteiger partial charge in [0.15, 0.2) is 11.7 Å². The zero-order valence-electron chi connectivity index (χ0n) is 19.0. The van der Waals surface area contributed by atoms with E-state index in [1.165, 1.54) is 11.6 Å². The fraction of sp³-hybridized carbons (Fsp3) is 0.458. The molecule has 1 N–H and O–H groups in total. The molecule has 0 spiro atoms. The van der Waals surface area contributed by atoms with Crippen LogP contribution in [0, 0.1) is 0 Å². The van der Waals surface area contributed by atoms with Gasteiger partial charge in [-0.2, -0.15) is 0 Å². The van der Waals surface area contributed by atoms with E-state index in [4.69, 9.17) is 9.47 Å². The Morgan fingerprint density at radius 2 is 1.91 bits per heavy atom. The zero-order chi connectivity index (χ0) is 23.5. The quantitative estimate of drug-likeness (QED) is 0.512. The van der Waals surface area contributed by atoms with Gasteiger partial charge in [0.05, 0.1) is 10.2 Å². The molecule has 2 fully saturated rings. The van der Waals surface area contributed by atoms with Gasteiger partial charge in [-0.1, -0.05) is 23.5 Å². The Balaban J connectivity index is 1.13. The minimum absolute atomic E-state index is 0.0905. The summed E-state index contributed by atoms with van der Waals surface area (Å²) in [6.45, 7) is 2.29. The maximum absolute atomic E-state index is 12.2. The van der Waals surface area contributed by atoms with Crippen LogP contribution in [0.5, 0.6) is 5.88 Å². The predicted octanol–water partition coefficient (Wildman–Crippen LogP) is 3.38. The smallest absolute Gasteiger partial charge is 0.303 e. The van der Waals surface area contributed by atoms with Gasteiger partial charge in [0, 0.05) is 57.2 Å². The van der Waals surface area contributed by atoms with Gasteiger partial charge in [0.1, 0.15) is 11.8 Å². The first-order valence-corrected chi connectivity index (χ1v) is 12.4. The van der Waals surface area contributed by atoms with Crippen molar-refractivity contribution in [1.29, 1.82) is 0 Å². The summed E-state index contributed by atoms with van der Waals surface area (Å²) in [5.41, 5.74) is 1.88. The largest absolute Gasteiger partial charge is 0.473 e. The SMILES string of the molecule is CC(=O)OCC(=O)N1CCC(c2nccnc2O[C@H]2C[C@H](Nc3nc4ccccc4s3)C2)CC1. The lowest BCUT2D eigenvalue weighted by atomic mass is 9.89. The summed E-state index contributed by atoms with van der Waals surface area (Å²) in [5, 5.41) is 4.46. The van der Waals surface area contributed by atoms with Gasteiger partial charge in [-0.15, -0.1) is 0 Å². The molecule has 2 aliphatic rings. The highest BCUT2D eigenvalue weighted by Gasteiger charge is 2.34. The van der Waals surface area contributed by atoms with Crippen molar-refractivity contribution in [2.75, 3.05) is 25.0 Å². The second kappa shape index (κ2) is 9.92. The molecular formula is C24H27N5O4S. The molecule has 178 valence electrons. The molecule has 0 atom stereocenters. The van der Waals surface area contributed by atoms with Crippen molar-refractivity contribution >= 4 is 38.6 Å². The molecule has 10 heteroatoms. The van der Waals surface area contributed by atoms with E-state index in [-0.39, 0.29) is 24.5 Å². The van der Waals surface area contributed by atoms with Gasteiger partial charge in [0.25, 0.3) is 5.91 Å². The summed E-state index contributed by atoms with van der Waals surface area (Å²) < 4.78 is 12.2. The predicted molar refractivity (Wildman–Crippen MR) is 128 cm³/mol. The first-order valence-electron chi connectivity index (χ1n) is 11.6. The second-order valence-electron chi connectivity index (χ2n) is 8.72. The fourth-order valence-electron chi connectivity index (χ4n) is 4.41. The van der Waals surface area contributed by atoms with Crippen LogP contribution in [0.1, 0.15) is 44.2 Å². The molecule has 1 aromatic carbocycles. The molecule has 9 nitrogen and oxygen atoms in total. The summed E-state index contributed by atoms with van der Waals surface area (Å²) in [6, 6.07) is 8.47. The summed E-state index contributed by atoms with van der Waals surface area (Å²) in [4.78, 5) is 38.6. The van der Waals surface area contributed by atoms with Gasteiger partial charge in [-0.05, 0) is 25.0 Å². The van der Waals surface area contributed by atoms with Crippen LogP contribution in [0.25, 0.3) is 10.2 Å². The molecule has 0 unspecified atom stereocenters. The molecule has 3 aromatic rings. The number of para-hydroxylation sites is 1. The molecule has 0 bridgehead atoms. The number of hydrogen-bond donors (Lipinski definition) is 1. The number of thiazole rings is 1. The molecular weight excluding hydrogens is 454 g/mol. The number of aromatic nitrogens is 3. The molecule has 34 heavy (non-hydrogen) atoms.